The van der Waals surface area contributed by atoms with Crippen molar-refractivity contribution in [2.45, 2.75) is 20.8 Å². The molecular weight excluding hydrogens is 480 g/mol. The molecule has 0 aliphatic rings. The van der Waals surface area contributed by atoms with Gasteiger partial charge < -0.3 is 9.47 Å². The van der Waals surface area contributed by atoms with Gasteiger partial charge in [-0.15, -0.1) is 0 Å². The van der Waals surface area contributed by atoms with Crippen molar-refractivity contribution < 1.29 is 19.1 Å². The molecule has 0 aromatic heterocycles. The van der Waals surface area contributed by atoms with Crippen molar-refractivity contribution >= 4 is 43.7 Å². The number of rotatable bonds is 6. The van der Waals surface area contributed by atoms with Crippen molar-refractivity contribution in [1.29, 1.82) is 0 Å². The Morgan fingerprint density at radius 1 is 0.889 bits per heavy atom. The minimum Gasteiger partial charge on any atom is -0.483 e. The van der Waals surface area contributed by atoms with E-state index in [0.29, 0.717) is 11.5 Å². The summed E-state index contributed by atoms with van der Waals surface area (Å²) in [6.07, 6.45) is 0. The van der Waals surface area contributed by atoms with Gasteiger partial charge in [0.1, 0.15) is 11.5 Å². The smallest absolute Gasteiger partial charge is 0.276 e. The maximum Gasteiger partial charge on any atom is 0.276 e. The Labute approximate surface area is 174 Å². The van der Waals surface area contributed by atoms with Gasteiger partial charge in [-0.25, -0.2) is 0 Å². The van der Waals surface area contributed by atoms with Gasteiger partial charge in [-0.2, -0.15) is 0 Å². The molecule has 0 aliphatic heterocycles. The summed E-state index contributed by atoms with van der Waals surface area (Å²) < 4.78 is 12.7. The highest BCUT2D eigenvalue weighted by molar-refractivity contribution is 9.10. The topological polar surface area (TPSA) is 76.7 Å². The Hall–Kier alpha value is -2.06. The summed E-state index contributed by atoms with van der Waals surface area (Å²) in [4.78, 5) is 23.7. The van der Waals surface area contributed by atoms with E-state index in [1.165, 1.54) is 0 Å². The van der Waals surface area contributed by atoms with Crippen molar-refractivity contribution in [2.24, 2.45) is 0 Å². The molecule has 0 radical (unpaired) electrons. The van der Waals surface area contributed by atoms with E-state index in [2.05, 4.69) is 42.7 Å². The van der Waals surface area contributed by atoms with Crippen molar-refractivity contribution in [2.75, 3.05) is 13.2 Å². The zero-order valence-electron chi connectivity index (χ0n) is 15.2. The Bertz CT molecular complexity index is 833. The van der Waals surface area contributed by atoms with E-state index in [1.807, 2.05) is 45.0 Å². The lowest BCUT2D eigenvalue weighted by molar-refractivity contribution is -0.131. The van der Waals surface area contributed by atoms with Crippen LogP contribution >= 0.6 is 31.9 Å². The van der Waals surface area contributed by atoms with Crippen LogP contribution in [0.5, 0.6) is 11.5 Å². The second-order valence-corrected chi connectivity index (χ2v) is 7.75. The Balaban J connectivity index is 1.76. The lowest BCUT2D eigenvalue weighted by Crippen LogP contribution is -2.45. The van der Waals surface area contributed by atoms with Gasteiger partial charge in [-0.3, -0.25) is 20.4 Å². The first kappa shape index (κ1) is 21.2. The van der Waals surface area contributed by atoms with Crippen molar-refractivity contribution in [3.8, 4) is 11.5 Å². The number of halogens is 2. The zero-order valence-corrected chi connectivity index (χ0v) is 18.4. The molecule has 8 heteroatoms. The monoisotopic (exact) mass is 498 g/mol. The third kappa shape index (κ3) is 6.55. The maximum absolute atomic E-state index is 11.9. The highest BCUT2D eigenvalue weighted by Gasteiger charge is 2.10. The van der Waals surface area contributed by atoms with Gasteiger partial charge >= 0.3 is 0 Å². The van der Waals surface area contributed by atoms with Crippen LogP contribution in [0, 0.1) is 20.8 Å². The molecular formula is C19H20Br2N2O4. The van der Waals surface area contributed by atoms with Crippen molar-refractivity contribution in [1.82, 2.24) is 10.9 Å². The molecule has 144 valence electrons. The van der Waals surface area contributed by atoms with Crippen LogP contribution in [0.4, 0.5) is 0 Å². The van der Waals surface area contributed by atoms with Crippen molar-refractivity contribution in [3.63, 3.8) is 0 Å². The standard InChI is InChI=1S/C19H20Br2N2O4/c1-11-4-5-16(15(21)6-11)26-9-17(24)22-23-18(25)10-27-19-12(2)7-14(20)8-13(19)3/h4-8H,9-10H2,1-3H3,(H,22,24)(H,23,25). The van der Waals surface area contributed by atoms with E-state index < -0.39 is 11.8 Å². The Morgan fingerprint density at radius 2 is 1.44 bits per heavy atom. The summed E-state index contributed by atoms with van der Waals surface area (Å²) in [7, 11) is 0. The molecule has 0 aliphatic carbocycles. The minimum atomic E-state index is -0.480. The summed E-state index contributed by atoms with van der Waals surface area (Å²) in [5, 5.41) is 0. The first-order valence-corrected chi connectivity index (χ1v) is 9.71. The average molecular weight is 500 g/mol. The molecule has 0 atom stereocenters. The van der Waals surface area contributed by atoms with E-state index in [0.717, 1.165) is 25.6 Å². The predicted octanol–water partition coefficient (Wildman–Crippen LogP) is 3.74. The van der Waals surface area contributed by atoms with E-state index in [1.54, 1.807) is 6.07 Å². The van der Waals surface area contributed by atoms with Gasteiger partial charge in [-0.1, -0.05) is 22.0 Å². The van der Waals surface area contributed by atoms with E-state index >= 15 is 0 Å². The largest absolute Gasteiger partial charge is 0.483 e. The molecule has 0 unspecified atom stereocenters. The van der Waals surface area contributed by atoms with E-state index in [9.17, 15) is 9.59 Å². The van der Waals surface area contributed by atoms with Crippen LogP contribution in [0.15, 0.2) is 39.3 Å². The number of hydrogen-bond acceptors (Lipinski definition) is 4. The molecule has 0 fully saturated rings. The fourth-order valence-electron chi connectivity index (χ4n) is 2.34. The first-order valence-electron chi connectivity index (χ1n) is 8.12. The molecule has 2 rings (SSSR count). The van der Waals surface area contributed by atoms with Gasteiger partial charge in [0.25, 0.3) is 11.8 Å². The number of hydrazine groups is 1. The van der Waals surface area contributed by atoms with Gasteiger partial charge in [0.05, 0.1) is 4.47 Å². The van der Waals surface area contributed by atoms with Crippen LogP contribution in [-0.2, 0) is 9.59 Å². The SMILES string of the molecule is Cc1ccc(OCC(=O)NNC(=O)COc2c(C)cc(Br)cc2C)c(Br)c1. The minimum absolute atomic E-state index is 0.214. The molecule has 0 bridgehead atoms. The number of nitrogens with one attached hydrogen (secondary N) is 2. The van der Waals surface area contributed by atoms with Crippen LogP contribution in [0.25, 0.3) is 0 Å². The van der Waals surface area contributed by atoms with E-state index in [4.69, 9.17) is 9.47 Å². The summed E-state index contributed by atoms with van der Waals surface area (Å²) in [6.45, 7) is 5.30. The zero-order chi connectivity index (χ0) is 20.0. The molecule has 2 amide bonds. The number of hydrogen-bond donors (Lipinski definition) is 2. The quantitative estimate of drug-likeness (QED) is 0.593. The third-order valence-corrected chi connectivity index (χ3v) is 4.64. The number of amides is 2. The molecule has 2 aromatic carbocycles. The van der Waals surface area contributed by atoms with Crippen molar-refractivity contribution in [3.05, 3.63) is 56.0 Å². The van der Waals surface area contributed by atoms with Gasteiger partial charge in [0.2, 0.25) is 0 Å². The lowest BCUT2D eigenvalue weighted by Gasteiger charge is -2.13. The van der Waals surface area contributed by atoms with Crippen LogP contribution in [0.1, 0.15) is 16.7 Å². The molecule has 2 N–H and O–H groups in total. The maximum atomic E-state index is 11.9. The third-order valence-electron chi connectivity index (χ3n) is 3.56. The fraction of sp³-hybridized carbons (Fsp3) is 0.263. The predicted molar refractivity (Wildman–Crippen MR) is 110 cm³/mol. The Kier molecular flexibility index (Phi) is 7.67. The van der Waals surface area contributed by atoms with Crippen LogP contribution < -0.4 is 20.3 Å². The molecule has 0 heterocycles. The summed E-state index contributed by atoms with van der Waals surface area (Å²) >= 11 is 6.78. The summed E-state index contributed by atoms with van der Waals surface area (Å²) in [6, 6.07) is 9.34. The van der Waals surface area contributed by atoms with Crippen LogP contribution in [-0.4, -0.2) is 25.0 Å². The van der Waals surface area contributed by atoms with Crippen LogP contribution in [0.3, 0.4) is 0 Å². The van der Waals surface area contributed by atoms with Crippen LogP contribution in [0.2, 0.25) is 0 Å². The molecule has 6 nitrogen and oxygen atoms in total. The van der Waals surface area contributed by atoms with Gasteiger partial charge in [0.15, 0.2) is 13.2 Å². The summed E-state index contributed by atoms with van der Waals surface area (Å²) in [5.41, 5.74) is 7.49. The van der Waals surface area contributed by atoms with E-state index in [-0.39, 0.29) is 13.2 Å². The van der Waals surface area contributed by atoms with Gasteiger partial charge in [0, 0.05) is 4.47 Å². The molecule has 0 saturated carbocycles. The second-order valence-electron chi connectivity index (χ2n) is 5.98. The second kappa shape index (κ2) is 9.75. The Morgan fingerprint density at radius 3 is 2.00 bits per heavy atom. The number of carbonyl (C=O) groups excluding carboxylic acids is 2. The fourth-order valence-corrected chi connectivity index (χ4v) is 3.64. The average Bonchev–Trinajstić information content (AvgIpc) is 2.58. The van der Waals surface area contributed by atoms with Gasteiger partial charge in [-0.05, 0) is 77.7 Å². The molecule has 27 heavy (non-hydrogen) atoms. The first-order chi connectivity index (χ1) is 12.8. The highest BCUT2D eigenvalue weighted by Crippen LogP contribution is 2.27. The number of benzene rings is 2. The molecule has 2 aromatic rings. The molecule has 0 saturated heterocycles. The number of carbonyl (C=O) groups is 2. The number of ether oxygens (including phenoxy) is 2. The normalized spacial score (nSPS) is 10.3. The number of aryl methyl sites for hydroxylation is 3. The summed E-state index contributed by atoms with van der Waals surface area (Å²) in [5.74, 6) is 0.243. The molecule has 0 spiro atoms. The lowest BCUT2D eigenvalue weighted by atomic mass is 10.1. The highest BCUT2D eigenvalue weighted by atomic mass is 79.9.